The first kappa shape index (κ1) is 12.6. The lowest BCUT2D eigenvalue weighted by Crippen LogP contribution is -2.45. The molecule has 1 atom stereocenters. The second-order valence-electron chi connectivity index (χ2n) is 4.67. The number of para-hydroxylation sites is 1. The monoisotopic (exact) mass is 246 g/mol. The van der Waals surface area contributed by atoms with Crippen LogP contribution in [0.25, 0.3) is 0 Å². The van der Waals surface area contributed by atoms with Crippen LogP contribution in [0, 0.1) is 0 Å². The van der Waals surface area contributed by atoms with Crippen molar-refractivity contribution in [3.05, 3.63) is 30.3 Å². The lowest BCUT2D eigenvalue weighted by atomic mass is 10.1. The highest BCUT2D eigenvalue weighted by Crippen LogP contribution is 2.27. The third-order valence-corrected chi connectivity index (χ3v) is 3.18. The molecule has 1 fully saturated rings. The number of carbonyl (C=O) groups is 2. The van der Waals surface area contributed by atoms with Crippen LogP contribution in [-0.2, 0) is 9.59 Å². The highest BCUT2D eigenvalue weighted by atomic mass is 16.2. The van der Waals surface area contributed by atoms with Gasteiger partial charge in [0, 0.05) is 19.9 Å². The molecule has 0 spiro atoms. The van der Waals surface area contributed by atoms with Gasteiger partial charge in [-0.25, -0.2) is 0 Å². The Kier molecular flexibility index (Phi) is 3.65. The number of rotatable bonds is 3. The van der Waals surface area contributed by atoms with E-state index in [4.69, 9.17) is 0 Å². The van der Waals surface area contributed by atoms with Crippen molar-refractivity contribution in [2.75, 3.05) is 11.6 Å². The zero-order valence-electron chi connectivity index (χ0n) is 10.8. The van der Waals surface area contributed by atoms with E-state index in [1.165, 1.54) is 0 Å². The molecule has 0 aromatic heterocycles. The molecule has 96 valence electrons. The van der Waals surface area contributed by atoms with Crippen molar-refractivity contribution < 1.29 is 9.59 Å². The maximum Gasteiger partial charge on any atom is 0.238 e. The lowest BCUT2D eigenvalue weighted by Gasteiger charge is -2.32. The van der Waals surface area contributed by atoms with Crippen molar-refractivity contribution in [1.29, 1.82) is 0 Å². The molecule has 1 aromatic carbocycles. The standard InChI is InChI=1S/C14H18N2O2/c1-11(17)10-14-8-9-15(16(14)12(2)18)13-6-4-3-5-7-13/h3-7,14H,8-10H2,1-2H3/t14-/m1/s1. The van der Waals surface area contributed by atoms with Crippen molar-refractivity contribution in [2.24, 2.45) is 0 Å². The maximum atomic E-state index is 11.8. The Morgan fingerprint density at radius 2 is 1.89 bits per heavy atom. The van der Waals surface area contributed by atoms with Gasteiger partial charge in [0.15, 0.2) is 0 Å². The first-order chi connectivity index (χ1) is 8.59. The Bertz CT molecular complexity index is 444. The van der Waals surface area contributed by atoms with Crippen molar-refractivity contribution in [2.45, 2.75) is 32.7 Å². The predicted molar refractivity (Wildman–Crippen MR) is 70.0 cm³/mol. The van der Waals surface area contributed by atoms with Gasteiger partial charge in [0.1, 0.15) is 5.78 Å². The van der Waals surface area contributed by atoms with E-state index in [9.17, 15) is 9.59 Å². The molecule has 1 heterocycles. The summed E-state index contributed by atoms with van der Waals surface area (Å²) in [5.41, 5.74) is 0.999. The fraction of sp³-hybridized carbons (Fsp3) is 0.429. The van der Waals surface area contributed by atoms with Crippen molar-refractivity contribution in [1.82, 2.24) is 5.01 Å². The zero-order chi connectivity index (χ0) is 13.1. The smallest absolute Gasteiger partial charge is 0.238 e. The maximum absolute atomic E-state index is 11.8. The van der Waals surface area contributed by atoms with Gasteiger partial charge in [-0.1, -0.05) is 18.2 Å². The molecule has 1 saturated heterocycles. The number of Topliss-reactive ketones (excluding diaryl/α,β-unsaturated/α-hetero) is 1. The molecule has 18 heavy (non-hydrogen) atoms. The first-order valence-corrected chi connectivity index (χ1v) is 6.21. The molecule has 4 nitrogen and oxygen atoms in total. The summed E-state index contributed by atoms with van der Waals surface area (Å²) in [4.78, 5) is 23.0. The molecular formula is C14H18N2O2. The van der Waals surface area contributed by atoms with Crippen LogP contribution in [-0.4, -0.2) is 29.3 Å². The minimum Gasteiger partial charge on any atom is -0.300 e. The van der Waals surface area contributed by atoms with Crippen molar-refractivity contribution in [3.8, 4) is 0 Å². The van der Waals surface area contributed by atoms with Crippen LogP contribution in [0.3, 0.4) is 0 Å². The van der Waals surface area contributed by atoms with Crippen molar-refractivity contribution in [3.63, 3.8) is 0 Å². The fourth-order valence-corrected chi connectivity index (χ4v) is 2.50. The van der Waals surface area contributed by atoms with Gasteiger partial charge in [-0.05, 0) is 25.5 Å². The summed E-state index contributed by atoms with van der Waals surface area (Å²) in [7, 11) is 0. The number of benzene rings is 1. The van der Waals surface area contributed by atoms with Gasteiger partial charge in [0.2, 0.25) is 5.91 Å². The molecule has 1 aromatic rings. The van der Waals surface area contributed by atoms with Gasteiger partial charge >= 0.3 is 0 Å². The molecule has 0 saturated carbocycles. The molecule has 0 unspecified atom stereocenters. The molecule has 0 bridgehead atoms. The SMILES string of the molecule is CC(=O)C[C@H]1CCN(c2ccccc2)N1C(C)=O. The van der Waals surface area contributed by atoms with Gasteiger partial charge in [-0.3, -0.25) is 19.6 Å². The van der Waals surface area contributed by atoms with Gasteiger partial charge in [0.25, 0.3) is 0 Å². The summed E-state index contributed by atoms with van der Waals surface area (Å²) in [5.74, 6) is 0.115. The largest absolute Gasteiger partial charge is 0.300 e. The number of anilines is 1. The van der Waals surface area contributed by atoms with Crippen LogP contribution < -0.4 is 5.01 Å². The third kappa shape index (κ3) is 2.53. The van der Waals surface area contributed by atoms with E-state index < -0.39 is 0 Å². The average Bonchev–Trinajstić information content (AvgIpc) is 2.73. The van der Waals surface area contributed by atoms with Gasteiger partial charge in [-0.2, -0.15) is 0 Å². The second-order valence-corrected chi connectivity index (χ2v) is 4.67. The molecule has 0 N–H and O–H groups in total. The molecule has 0 radical (unpaired) electrons. The highest BCUT2D eigenvalue weighted by molar-refractivity contribution is 5.80. The van der Waals surface area contributed by atoms with E-state index in [-0.39, 0.29) is 17.7 Å². The highest BCUT2D eigenvalue weighted by Gasteiger charge is 2.34. The van der Waals surface area contributed by atoms with Crippen LogP contribution in [0.1, 0.15) is 26.7 Å². The number of amides is 1. The van der Waals surface area contributed by atoms with Gasteiger partial charge < -0.3 is 0 Å². The zero-order valence-corrected chi connectivity index (χ0v) is 10.8. The number of hydrogen-bond donors (Lipinski definition) is 0. The fourth-order valence-electron chi connectivity index (χ4n) is 2.50. The van der Waals surface area contributed by atoms with E-state index in [0.29, 0.717) is 6.42 Å². The number of ketones is 1. The third-order valence-electron chi connectivity index (χ3n) is 3.18. The van der Waals surface area contributed by atoms with E-state index in [1.54, 1.807) is 18.9 Å². The Morgan fingerprint density at radius 1 is 1.22 bits per heavy atom. The summed E-state index contributed by atoms with van der Waals surface area (Å²) in [6.07, 6.45) is 1.27. The van der Waals surface area contributed by atoms with Gasteiger partial charge in [0.05, 0.1) is 11.7 Å². The quantitative estimate of drug-likeness (QED) is 0.819. The Hall–Kier alpha value is -1.84. The topological polar surface area (TPSA) is 40.6 Å². The number of hydrogen-bond acceptors (Lipinski definition) is 3. The molecular weight excluding hydrogens is 228 g/mol. The van der Waals surface area contributed by atoms with E-state index in [0.717, 1.165) is 18.7 Å². The minimum absolute atomic E-state index is 0.000191. The van der Waals surface area contributed by atoms with E-state index >= 15 is 0 Å². The first-order valence-electron chi connectivity index (χ1n) is 6.21. The molecule has 2 rings (SSSR count). The summed E-state index contributed by atoms with van der Waals surface area (Å²) in [6.45, 7) is 3.90. The normalized spacial score (nSPS) is 19.1. The molecule has 1 aliphatic rings. The molecule has 1 aliphatic heterocycles. The van der Waals surface area contributed by atoms with E-state index in [2.05, 4.69) is 0 Å². The van der Waals surface area contributed by atoms with Crippen LogP contribution in [0.5, 0.6) is 0 Å². The number of carbonyl (C=O) groups excluding carboxylic acids is 2. The molecule has 4 heteroatoms. The second kappa shape index (κ2) is 5.21. The minimum atomic E-state index is -0.0115. The predicted octanol–water partition coefficient (Wildman–Crippen LogP) is 2.01. The van der Waals surface area contributed by atoms with Crippen molar-refractivity contribution >= 4 is 17.4 Å². The number of hydrazine groups is 1. The molecule has 1 amide bonds. The van der Waals surface area contributed by atoms with E-state index in [1.807, 2.05) is 35.3 Å². The Labute approximate surface area is 107 Å². The number of nitrogens with zero attached hydrogens (tertiary/aromatic N) is 2. The van der Waals surface area contributed by atoms with Crippen LogP contribution >= 0.6 is 0 Å². The van der Waals surface area contributed by atoms with Gasteiger partial charge in [-0.15, -0.1) is 0 Å². The van der Waals surface area contributed by atoms with Crippen LogP contribution in [0.15, 0.2) is 30.3 Å². The molecule has 0 aliphatic carbocycles. The summed E-state index contributed by atoms with van der Waals surface area (Å²) >= 11 is 0. The van der Waals surface area contributed by atoms with Crippen LogP contribution in [0.4, 0.5) is 5.69 Å². The summed E-state index contributed by atoms with van der Waals surface area (Å²) < 4.78 is 0. The average molecular weight is 246 g/mol. The summed E-state index contributed by atoms with van der Waals surface area (Å²) in [5, 5.41) is 3.69. The van der Waals surface area contributed by atoms with Crippen LogP contribution in [0.2, 0.25) is 0 Å². The lowest BCUT2D eigenvalue weighted by molar-refractivity contribution is -0.131. The summed E-state index contributed by atoms with van der Waals surface area (Å²) in [6, 6.07) is 9.81. The Morgan fingerprint density at radius 3 is 2.44 bits per heavy atom. The Balaban J connectivity index is 2.22.